The van der Waals surface area contributed by atoms with Crippen LogP contribution >= 0.6 is 0 Å². The fourth-order valence-corrected chi connectivity index (χ4v) is 3.30. The molecule has 1 atom stereocenters. The first-order valence-corrected chi connectivity index (χ1v) is 7.90. The van der Waals surface area contributed by atoms with Crippen LogP contribution in [0.2, 0.25) is 0 Å². The van der Waals surface area contributed by atoms with Crippen LogP contribution in [0.5, 0.6) is 0 Å². The minimum absolute atomic E-state index is 0.124. The zero-order valence-corrected chi connectivity index (χ0v) is 13.6. The fraction of sp³-hybridized carbons (Fsp3) is 0.529. The molecule has 3 rings (SSSR count). The maximum atomic E-state index is 12.2. The fourth-order valence-electron chi connectivity index (χ4n) is 3.30. The van der Waals surface area contributed by atoms with Crippen molar-refractivity contribution in [1.82, 2.24) is 19.4 Å². The number of piperidine rings is 1. The molecule has 2 aromatic rings. The number of amides is 1. The average Bonchev–Trinajstić information content (AvgIpc) is 2.83. The Morgan fingerprint density at radius 1 is 1.36 bits per heavy atom. The van der Waals surface area contributed by atoms with E-state index in [0.29, 0.717) is 0 Å². The Labute approximate surface area is 131 Å². The molecule has 0 spiro atoms. The van der Waals surface area contributed by atoms with Crippen LogP contribution in [-0.4, -0.2) is 52.4 Å². The van der Waals surface area contributed by atoms with Crippen LogP contribution in [0.15, 0.2) is 24.3 Å². The molecule has 0 aliphatic carbocycles. The Kier molecular flexibility index (Phi) is 4.16. The Bertz CT molecular complexity index is 676. The van der Waals surface area contributed by atoms with E-state index in [4.69, 9.17) is 4.98 Å². The number of para-hydroxylation sites is 2. The molecule has 0 saturated carbocycles. The number of fused-ring (bicyclic) bond motifs is 1. The zero-order chi connectivity index (χ0) is 15.7. The number of hydrogen-bond donors (Lipinski definition) is 0. The lowest BCUT2D eigenvalue weighted by Gasteiger charge is -2.32. The molecule has 22 heavy (non-hydrogen) atoms. The highest BCUT2D eigenvalue weighted by molar-refractivity contribution is 5.78. The number of carbonyl (C=O) groups excluding carboxylic acids is 1. The summed E-state index contributed by atoms with van der Waals surface area (Å²) in [6.07, 6.45) is 2.07. The molecule has 1 aromatic carbocycles. The predicted molar refractivity (Wildman–Crippen MR) is 87.4 cm³/mol. The summed E-state index contributed by atoms with van der Waals surface area (Å²) < 4.78 is 2.16. The van der Waals surface area contributed by atoms with Crippen molar-refractivity contribution in [2.75, 3.05) is 27.2 Å². The van der Waals surface area contributed by atoms with Crippen molar-refractivity contribution in [3.05, 3.63) is 30.1 Å². The van der Waals surface area contributed by atoms with Gasteiger partial charge in [0.15, 0.2) is 0 Å². The number of aromatic nitrogens is 2. The molecule has 118 valence electrons. The monoisotopic (exact) mass is 300 g/mol. The molecule has 0 bridgehead atoms. The van der Waals surface area contributed by atoms with Gasteiger partial charge in [0.05, 0.1) is 23.5 Å². The van der Waals surface area contributed by atoms with E-state index >= 15 is 0 Å². The number of likely N-dealkylation sites (tertiary alicyclic amines) is 1. The largest absolute Gasteiger partial charge is 0.349 e. The molecule has 5 nitrogen and oxygen atoms in total. The number of imidazole rings is 1. The summed E-state index contributed by atoms with van der Waals surface area (Å²) in [5.41, 5.74) is 2.20. The van der Waals surface area contributed by atoms with Gasteiger partial charge in [-0.05, 0) is 31.5 Å². The molecule has 1 aliphatic heterocycles. The second-order valence-electron chi connectivity index (χ2n) is 6.38. The van der Waals surface area contributed by atoms with Gasteiger partial charge in [-0.1, -0.05) is 12.1 Å². The third-order valence-corrected chi connectivity index (χ3v) is 4.54. The number of aryl methyl sites for hydroxylation is 1. The van der Waals surface area contributed by atoms with Gasteiger partial charge in [-0.3, -0.25) is 9.69 Å². The lowest BCUT2D eigenvalue weighted by molar-refractivity contribution is -0.134. The van der Waals surface area contributed by atoms with Crippen molar-refractivity contribution in [2.24, 2.45) is 13.0 Å². The van der Waals surface area contributed by atoms with E-state index in [1.807, 2.05) is 32.3 Å². The third-order valence-electron chi connectivity index (χ3n) is 4.54. The van der Waals surface area contributed by atoms with Gasteiger partial charge in [-0.25, -0.2) is 4.98 Å². The Morgan fingerprint density at radius 2 is 2.14 bits per heavy atom. The van der Waals surface area contributed by atoms with Crippen molar-refractivity contribution in [2.45, 2.75) is 19.4 Å². The number of rotatable bonds is 3. The first-order chi connectivity index (χ1) is 10.6. The van der Waals surface area contributed by atoms with Crippen molar-refractivity contribution in [3.63, 3.8) is 0 Å². The molecule has 1 fully saturated rings. The average molecular weight is 300 g/mol. The Balaban J connectivity index is 1.74. The highest BCUT2D eigenvalue weighted by atomic mass is 16.2. The number of benzene rings is 1. The number of nitrogens with zero attached hydrogens (tertiary/aromatic N) is 4. The van der Waals surface area contributed by atoms with E-state index in [0.717, 1.165) is 49.3 Å². The van der Waals surface area contributed by atoms with Gasteiger partial charge in [0, 0.05) is 27.7 Å². The molecule has 1 saturated heterocycles. The van der Waals surface area contributed by atoms with Crippen molar-refractivity contribution >= 4 is 16.9 Å². The summed E-state index contributed by atoms with van der Waals surface area (Å²) >= 11 is 0. The van der Waals surface area contributed by atoms with Crippen LogP contribution < -0.4 is 0 Å². The van der Waals surface area contributed by atoms with Gasteiger partial charge in [0.1, 0.15) is 5.82 Å². The van der Waals surface area contributed by atoms with E-state index in [2.05, 4.69) is 22.6 Å². The van der Waals surface area contributed by atoms with Gasteiger partial charge >= 0.3 is 0 Å². The van der Waals surface area contributed by atoms with Crippen molar-refractivity contribution in [1.29, 1.82) is 0 Å². The van der Waals surface area contributed by atoms with Crippen LogP contribution in [-0.2, 0) is 18.4 Å². The third kappa shape index (κ3) is 2.86. The molecule has 1 aliphatic rings. The summed E-state index contributed by atoms with van der Waals surface area (Å²) in [5.74, 6) is 1.44. The van der Waals surface area contributed by atoms with Gasteiger partial charge < -0.3 is 9.47 Å². The first-order valence-electron chi connectivity index (χ1n) is 7.90. The maximum absolute atomic E-state index is 12.2. The molecular formula is C17H24N4O. The number of carbonyl (C=O) groups is 1. The van der Waals surface area contributed by atoms with E-state index in [1.165, 1.54) is 0 Å². The van der Waals surface area contributed by atoms with Gasteiger partial charge in [-0.15, -0.1) is 0 Å². The van der Waals surface area contributed by atoms with E-state index in [-0.39, 0.29) is 11.8 Å². The summed E-state index contributed by atoms with van der Waals surface area (Å²) in [4.78, 5) is 21.0. The minimum Gasteiger partial charge on any atom is -0.349 e. The summed E-state index contributed by atoms with van der Waals surface area (Å²) in [6.45, 7) is 2.68. The van der Waals surface area contributed by atoms with Gasteiger partial charge in [0.25, 0.3) is 0 Å². The van der Waals surface area contributed by atoms with Crippen LogP contribution in [0.1, 0.15) is 18.7 Å². The molecule has 5 heteroatoms. The van der Waals surface area contributed by atoms with Crippen LogP contribution in [0.25, 0.3) is 11.0 Å². The molecule has 0 N–H and O–H groups in total. The highest BCUT2D eigenvalue weighted by Gasteiger charge is 2.27. The highest BCUT2D eigenvalue weighted by Crippen LogP contribution is 2.21. The van der Waals surface area contributed by atoms with E-state index in [1.54, 1.807) is 4.90 Å². The number of hydrogen-bond acceptors (Lipinski definition) is 3. The lowest BCUT2D eigenvalue weighted by atomic mass is 9.97. The van der Waals surface area contributed by atoms with Crippen LogP contribution in [0.4, 0.5) is 0 Å². The summed E-state index contributed by atoms with van der Waals surface area (Å²) in [7, 11) is 5.75. The topological polar surface area (TPSA) is 41.4 Å². The van der Waals surface area contributed by atoms with Gasteiger partial charge in [0.2, 0.25) is 5.91 Å². The standard InChI is InChI=1S/C17H24N4O/c1-19(2)17(22)13-7-6-10-21(11-13)12-16-18-14-8-4-5-9-15(14)20(16)3/h4-5,8-9,13H,6-7,10-12H2,1-3H3/t13-/m0/s1. The zero-order valence-electron chi connectivity index (χ0n) is 13.6. The van der Waals surface area contributed by atoms with Crippen LogP contribution in [0, 0.1) is 5.92 Å². The maximum Gasteiger partial charge on any atom is 0.226 e. The second kappa shape index (κ2) is 6.08. The summed E-state index contributed by atoms with van der Waals surface area (Å²) in [5, 5.41) is 0. The van der Waals surface area contributed by atoms with Gasteiger partial charge in [-0.2, -0.15) is 0 Å². The van der Waals surface area contributed by atoms with E-state index < -0.39 is 0 Å². The molecule has 1 aromatic heterocycles. The van der Waals surface area contributed by atoms with Crippen molar-refractivity contribution in [3.8, 4) is 0 Å². The minimum atomic E-state index is 0.124. The Hall–Kier alpha value is -1.88. The first kappa shape index (κ1) is 15.0. The summed E-state index contributed by atoms with van der Waals surface area (Å²) in [6, 6.07) is 8.21. The Morgan fingerprint density at radius 3 is 2.86 bits per heavy atom. The predicted octanol–water partition coefficient (Wildman–Crippen LogP) is 1.87. The molecule has 1 amide bonds. The molecule has 0 unspecified atom stereocenters. The quantitative estimate of drug-likeness (QED) is 0.869. The lowest BCUT2D eigenvalue weighted by Crippen LogP contribution is -2.42. The molecular weight excluding hydrogens is 276 g/mol. The second-order valence-corrected chi connectivity index (χ2v) is 6.38. The van der Waals surface area contributed by atoms with E-state index in [9.17, 15) is 4.79 Å². The normalized spacial score (nSPS) is 19.5. The smallest absolute Gasteiger partial charge is 0.226 e. The van der Waals surface area contributed by atoms with Crippen molar-refractivity contribution < 1.29 is 4.79 Å². The van der Waals surface area contributed by atoms with Crippen LogP contribution in [0.3, 0.4) is 0 Å². The molecule has 2 heterocycles. The molecule has 0 radical (unpaired) electrons. The SMILES string of the molecule is CN(C)C(=O)[C@H]1CCCN(Cc2nc3ccccc3n2C)C1.